The van der Waals surface area contributed by atoms with Gasteiger partial charge in [-0.05, 0) is 38.1 Å². The van der Waals surface area contributed by atoms with E-state index in [1.54, 1.807) is 42.5 Å². The molecule has 0 spiro atoms. The van der Waals surface area contributed by atoms with Gasteiger partial charge in [0.15, 0.2) is 0 Å². The summed E-state index contributed by atoms with van der Waals surface area (Å²) in [7, 11) is 0. The zero-order chi connectivity index (χ0) is 21.1. The summed E-state index contributed by atoms with van der Waals surface area (Å²) in [5.74, 6) is -1.38. The van der Waals surface area contributed by atoms with Crippen molar-refractivity contribution < 1.29 is 14.4 Å². The summed E-state index contributed by atoms with van der Waals surface area (Å²) in [5.41, 5.74) is 1.26. The van der Waals surface area contributed by atoms with Crippen molar-refractivity contribution in [2.24, 2.45) is 5.92 Å². The Morgan fingerprint density at radius 2 is 1.83 bits per heavy atom. The molecule has 0 aromatic heterocycles. The van der Waals surface area contributed by atoms with Gasteiger partial charge >= 0.3 is 0 Å². The van der Waals surface area contributed by atoms with E-state index in [0.29, 0.717) is 22.0 Å². The molecule has 3 amide bonds. The van der Waals surface area contributed by atoms with Crippen LogP contribution in [0, 0.1) is 5.92 Å². The van der Waals surface area contributed by atoms with Crippen LogP contribution < -0.4 is 15.5 Å². The van der Waals surface area contributed by atoms with Crippen molar-refractivity contribution in [1.29, 1.82) is 0 Å². The molecule has 0 saturated carbocycles. The fourth-order valence-electron chi connectivity index (χ4n) is 3.18. The van der Waals surface area contributed by atoms with Gasteiger partial charge < -0.3 is 15.5 Å². The van der Waals surface area contributed by atoms with E-state index in [4.69, 9.17) is 23.2 Å². The van der Waals surface area contributed by atoms with Gasteiger partial charge in [-0.2, -0.15) is 0 Å². The maximum Gasteiger partial charge on any atom is 0.253 e. The highest BCUT2D eigenvalue weighted by Crippen LogP contribution is 2.36. The Morgan fingerprint density at radius 3 is 2.55 bits per heavy atom. The predicted molar refractivity (Wildman–Crippen MR) is 115 cm³/mol. The van der Waals surface area contributed by atoms with Gasteiger partial charge in [0.25, 0.3) is 5.91 Å². The van der Waals surface area contributed by atoms with E-state index in [-0.39, 0.29) is 41.8 Å². The van der Waals surface area contributed by atoms with Crippen LogP contribution in [0.4, 0.5) is 11.4 Å². The average Bonchev–Trinajstić information content (AvgIpc) is 3.05. The summed E-state index contributed by atoms with van der Waals surface area (Å²) in [6, 6.07) is 11.8. The van der Waals surface area contributed by atoms with Crippen LogP contribution in [0.2, 0.25) is 10.0 Å². The van der Waals surface area contributed by atoms with Crippen LogP contribution in [0.15, 0.2) is 42.5 Å². The highest BCUT2D eigenvalue weighted by atomic mass is 35.5. The lowest BCUT2D eigenvalue weighted by atomic mass is 10.1. The molecule has 1 atom stereocenters. The Morgan fingerprint density at radius 1 is 1.10 bits per heavy atom. The van der Waals surface area contributed by atoms with Crippen LogP contribution in [-0.2, 0) is 9.59 Å². The van der Waals surface area contributed by atoms with Gasteiger partial charge in [0, 0.05) is 19.0 Å². The molecule has 0 aliphatic carbocycles. The third-order valence-corrected chi connectivity index (χ3v) is 5.38. The molecule has 1 saturated heterocycles. The van der Waals surface area contributed by atoms with Gasteiger partial charge in [0.05, 0.1) is 32.9 Å². The first-order chi connectivity index (χ1) is 13.8. The molecule has 6 nitrogen and oxygen atoms in total. The molecule has 152 valence electrons. The number of halogens is 2. The minimum atomic E-state index is -0.571. The quantitative estimate of drug-likeness (QED) is 0.743. The van der Waals surface area contributed by atoms with Crippen LogP contribution in [0.3, 0.4) is 0 Å². The number of rotatable bonds is 5. The lowest BCUT2D eigenvalue weighted by Crippen LogP contribution is -2.32. The molecule has 1 aliphatic rings. The van der Waals surface area contributed by atoms with Crippen molar-refractivity contribution >= 4 is 52.3 Å². The molecule has 0 unspecified atom stereocenters. The van der Waals surface area contributed by atoms with E-state index in [0.717, 1.165) is 0 Å². The first-order valence-corrected chi connectivity index (χ1v) is 9.98. The van der Waals surface area contributed by atoms with E-state index < -0.39 is 5.92 Å². The monoisotopic (exact) mass is 433 g/mol. The normalized spacial score (nSPS) is 16.2. The summed E-state index contributed by atoms with van der Waals surface area (Å²) < 4.78 is 0. The van der Waals surface area contributed by atoms with E-state index in [2.05, 4.69) is 10.6 Å². The molecular weight excluding hydrogens is 413 g/mol. The third-order valence-electron chi connectivity index (χ3n) is 4.57. The summed E-state index contributed by atoms with van der Waals surface area (Å²) >= 11 is 12.3. The molecule has 1 fully saturated rings. The van der Waals surface area contributed by atoms with E-state index in [1.165, 1.54) is 4.90 Å². The van der Waals surface area contributed by atoms with Crippen molar-refractivity contribution in [3.8, 4) is 0 Å². The smallest absolute Gasteiger partial charge is 0.253 e. The van der Waals surface area contributed by atoms with E-state index in [9.17, 15) is 14.4 Å². The first-order valence-electron chi connectivity index (χ1n) is 9.23. The number of nitrogens with one attached hydrogen (secondary N) is 2. The molecule has 2 aromatic rings. The van der Waals surface area contributed by atoms with Gasteiger partial charge in [-0.15, -0.1) is 0 Å². The fourth-order valence-corrected chi connectivity index (χ4v) is 3.58. The second-order valence-electron chi connectivity index (χ2n) is 7.14. The molecule has 29 heavy (non-hydrogen) atoms. The number of para-hydroxylation sites is 1. The lowest BCUT2D eigenvalue weighted by molar-refractivity contribution is -0.122. The number of benzene rings is 2. The highest BCUT2D eigenvalue weighted by molar-refractivity contribution is 6.44. The molecule has 1 aliphatic heterocycles. The Balaban J connectivity index is 1.75. The second kappa shape index (κ2) is 8.84. The van der Waals surface area contributed by atoms with Gasteiger partial charge in [-0.25, -0.2) is 0 Å². The topological polar surface area (TPSA) is 78.5 Å². The van der Waals surface area contributed by atoms with E-state index >= 15 is 0 Å². The maximum absolute atomic E-state index is 12.8. The molecular formula is C21H21Cl2N3O3. The number of amides is 3. The number of hydrogen-bond acceptors (Lipinski definition) is 3. The minimum absolute atomic E-state index is 0.0327. The predicted octanol–water partition coefficient (Wildman–Crippen LogP) is 4.12. The molecule has 2 N–H and O–H groups in total. The van der Waals surface area contributed by atoms with Gasteiger partial charge in [-0.3, -0.25) is 14.4 Å². The largest absolute Gasteiger partial charge is 0.350 e. The Kier molecular flexibility index (Phi) is 6.45. The second-order valence-corrected chi connectivity index (χ2v) is 7.93. The Hall–Kier alpha value is -2.57. The van der Waals surface area contributed by atoms with Crippen LogP contribution in [-0.4, -0.2) is 30.3 Å². The molecule has 2 aromatic carbocycles. The van der Waals surface area contributed by atoms with Crippen molar-refractivity contribution in [2.45, 2.75) is 26.3 Å². The summed E-state index contributed by atoms with van der Waals surface area (Å²) in [4.78, 5) is 39.1. The number of hydrogen-bond donors (Lipinski definition) is 2. The molecule has 1 heterocycles. The number of nitrogens with zero attached hydrogens (tertiary/aromatic N) is 1. The van der Waals surface area contributed by atoms with Crippen LogP contribution in [0.5, 0.6) is 0 Å². The summed E-state index contributed by atoms with van der Waals surface area (Å²) in [6.07, 6.45) is 0.0506. The lowest BCUT2D eigenvalue weighted by Gasteiger charge is -2.19. The molecule has 8 heteroatoms. The number of carbonyl (C=O) groups is 3. The van der Waals surface area contributed by atoms with Crippen molar-refractivity contribution in [1.82, 2.24) is 5.32 Å². The SMILES string of the molecule is CC(C)NC(=O)c1ccccc1NC(=O)[C@H]1CC(=O)N(c2cccc(Cl)c2Cl)C1. The Bertz CT molecular complexity index is 962. The van der Waals surface area contributed by atoms with Gasteiger partial charge in [0.1, 0.15) is 0 Å². The first kappa shape index (κ1) is 21.1. The maximum atomic E-state index is 12.8. The van der Waals surface area contributed by atoms with Crippen molar-refractivity contribution in [3.63, 3.8) is 0 Å². The van der Waals surface area contributed by atoms with Gasteiger partial charge in [0.2, 0.25) is 11.8 Å². The standard InChI is InChI=1S/C21H21Cl2N3O3/c1-12(2)24-21(29)14-6-3-4-8-16(14)25-20(28)13-10-18(27)26(11-13)17-9-5-7-15(22)19(17)23/h3-9,12-13H,10-11H2,1-2H3,(H,24,29)(H,25,28)/t13-/m0/s1. The third kappa shape index (κ3) is 4.71. The number of carbonyl (C=O) groups excluding carboxylic acids is 3. The Labute approximate surface area is 179 Å². The van der Waals surface area contributed by atoms with E-state index in [1.807, 2.05) is 13.8 Å². The number of anilines is 2. The fraction of sp³-hybridized carbons (Fsp3) is 0.286. The van der Waals surface area contributed by atoms with Crippen molar-refractivity contribution in [2.75, 3.05) is 16.8 Å². The molecule has 0 radical (unpaired) electrons. The van der Waals surface area contributed by atoms with Gasteiger partial charge in [-0.1, -0.05) is 41.4 Å². The van der Waals surface area contributed by atoms with Crippen molar-refractivity contribution in [3.05, 3.63) is 58.1 Å². The highest BCUT2D eigenvalue weighted by Gasteiger charge is 2.36. The zero-order valence-corrected chi connectivity index (χ0v) is 17.6. The summed E-state index contributed by atoms with van der Waals surface area (Å²) in [6.45, 7) is 3.91. The van der Waals surface area contributed by atoms with Crippen LogP contribution in [0.25, 0.3) is 0 Å². The average molecular weight is 434 g/mol. The zero-order valence-electron chi connectivity index (χ0n) is 16.0. The molecule has 3 rings (SSSR count). The minimum Gasteiger partial charge on any atom is -0.350 e. The van der Waals surface area contributed by atoms with Crippen LogP contribution in [0.1, 0.15) is 30.6 Å². The van der Waals surface area contributed by atoms with Crippen LogP contribution >= 0.6 is 23.2 Å². The summed E-state index contributed by atoms with van der Waals surface area (Å²) in [5, 5.41) is 6.22. The molecule has 0 bridgehead atoms.